The Morgan fingerprint density at radius 3 is 2.46 bits per heavy atom. The molecule has 0 bridgehead atoms. The molecule has 0 atom stereocenters. The molecule has 2 rings (SSSR count). The third kappa shape index (κ3) is 4.03. The van der Waals surface area contributed by atoms with Crippen molar-refractivity contribution in [2.45, 2.75) is 12.1 Å². The number of nitrogens with one attached hydrogen (secondary N) is 1. The largest absolute Gasteiger partial charge is 0.421 e. The number of hydrogen-bond acceptors (Lipinski definition) is 4. The minimum absolute atomic E-state index is 0.300. The van der Waals surface area contributed by atoms with E-state index in [1.54, 1.807) is 0 Å². The maximum absolute atomic E-state index is 14.3. The van der Waals surface area contributed by atoms with Crippen LogP contribution in [-0.4, -0.2) is 24.5 Å². The average molecular weight is 431 g/mol. The summed E-state index contributed by atoms with van der Waals surface area (Å²) < 4.78 is 79.0. The molecule has 0 fully saturated rings. The first-order valence-corrected chi connectivity index (χ1v) is 9.31. The lowest BCUT2D eigenvalue weighted by atomic mass is 10.2. The lowest BCUT2D eigenvalue weighted by Crippen LogP contribution is -2.12. The van der Waals surface area contributed by atoms with Crippen LogP contribution >= 0.6 is 23.2 Å². The monoisotopic (exact) mass is 430 g/mol. The average Bonchev–Trinajstić information content (AvgIpc) is 2.87. The maximum atomic E-state index is 14.3. The number of aromatic nitrogens is 2. The molecule has 1 aromatic heterocycles. The summed E-state index contributed by atoms with van der Waals surface area (Å²) in [7, 11) is -3.81. The first-order chi connectivity index (χ1) is 11.9. The Morgan fingerprint density at radius 1 is 1.38 bits per heavy atom. The summed E-state index contributed by atoms with van der Waals surface area (Å²) >= 11 is 11.2. The van der Waals surface area contributed by atoms with Gasteiger partial charge in [-0.15, -0.1) is 11.6 Å². The lowest BCUT2D eigenvalue weighted by molar-refractivity contribution is -0.138. The second kappa shape index (κ2) is 6.94. The summed E-state index contributed by atoms with van der Waals surface area (Å²) in [5, 5.41) is 12.3. The molecule has 0 amide bonds. The summed E-state index contributed by atoms with van der Waals surface area (Å²) in [6, 6.07) is 2.82. The fourth-order valence-corrected chi connectivity index (χ4v) is 3.12. The van der Waals surface area contributed by atoms with Gasteiger partial charge in [0.1, 0.15) is 17.3 Å². The SMILES string of the molecule is CS(=O)(=O)Nc1cc(-n2nc(CCl)c(C(F)(F)F)c2C#N)c(F)cc1Cl. The van der Waals surface area contributed by atoms with Gasteiger partial charge >= 0.3 is 6.18 Å². The third-order valence-corrected chi connectivity index (χ3v) is 4.19. The molecule has 0 unspecified atom stereocenters. The Kier molecular flexibility index (Phi) is 5.41. The Morgan fingerprint density at radius 2 is 2.00 bits per heavy atom. The number of rotatable bonds is 4. The molecule has 0 radical (unpaired) electrons. The highest BCUT2D eigenvalue weighted by atomic mass is 35.5. The van der Waals surface area contributed by atoms with Gasteiger partial charge in [0, 0.05) is 0 Å². The van der Waals surface area contributed by atoms with Crippen molar-refractivity contribution in [3.8, 4) is 11.8 Å². The molecule has 0 aliphatic carbocycles. The second-order valence-electron chi connectivity index (χ2n) is 4.98. The van der Waals surface area contributed by atoms with Gasteiger partial charge in [0.2, 0.25) is 10.0 Å². The van der Waals surface area contributed by atoms with Crippen molar-refractivity contribution < 1.29 is 26.0 Å². The van der Waals surface area contributed by atoms with Crippen LogP contribution in [0.1, 0.15) is 17.0 Å². The van der Waals surface area contributed by atoms with Gasteiger partial charge in [0.15, 0.2) is 11.5 Å². The Hall–Kier alpha value is -2.03. The van der Waals surface area contributed by atoms with E-state index in [-0.39, 0.29) is 10.7 Å². The molecule has 0 saturated carbocycles. The molecule has 140 valence electrons. The molecule has 2 aromatic rings. The van der Waals surface area contributed by atoms with Crippen LogP contribution in [0.2, 0.25) is 5.02 Å². The fourth-order valence-electron chi connectivity index (χ4n) is 2.11. The van der Waals surface area contributed by atoms with E-state index < -0.39 is 50.5 Å². The van der Waals surface area contributed by atoms with Crippen molar-refractivity contribution in [1.82, 2.24) is 9.78 Å². The molecule has 1 heterocycles. The highest BCUT2D eigenvalue weighted by molar-refractivity contribution is 7.92. The van der Waals surface area contributed by atoms with E-state index in [2.05, 4.69) is 5.10 Å². The quantitative estimate of drug-likeness (QED) is 0.591. The minimum atomic E-state index is -4.95. The van der Waals surface area contributed by atoms with Crippen molar-refractivity contribution in [3.05, 3.63) is 39.9 Å². The summed E-state index contributed by atoms with van der Waals surface area (Å²) in [6.07, 6.45) is -4.15. The Balaban J connectivity index is 2.79. The number of anilines is 1. The molecule has 0 spiro atoms. The van der Waals surface area contributed by atoms with Crippen LogP contribution in [0.5, 0.6) is 0 Å². The summed E-state index contributed by atoms with van der Waals surface area (Å²) in [5.74, 6) is -1.80. The second-order valence-corrected chi connectivity index (χ2v) is 7.41. The highest BCUT2D eigenvalue weighted by Gasteiger charge is 2.40. The molecule has 1 aromatic carbocycles. The predicted molar refractivity (Wildman–Crippen MR) is 86.3 cm³/mol. The zero-order valence-electron chi connectivity index (χ0n) is 12.7. The van der Waals surface area contributed by atoms with E-state index in [1.165, 1.54) is 6.07 Å². The zero-order valence-corrected chi connectivity index (χ0v) is 15.0. The number of nitrogens with zero attached hydrogens (tertiary/aromatic N) is 3. The molecule has 0 aliphatic rings. The highest BCUT2D eigenvalue weighted by Crippen LogP contribution is 2.37. The number of sulfonamides is 1. The number of alkyl halides is 4. The topological polar surface area (TPSA) is 87.8 Å². The van der Waals surface area contributed by atoms with Gasteiger partial charge in [-0.1, -0.05) is 11.6 Å². The fraction of sp³-hybridized carbons (Fsp3) is 0.231. The molecule has 1 N–H and O–H groups in total. The van der Waals surface area contributed by atoms with Gasteiger partial charge in [0.25, 0.3) is 0 Å². The van der Waals surface area contributed by atoms with Gasteiger partial charge in [-0.3, -0.25) is 4.72 Å². The maximum Gasteiger partial charge on any atom is 0.421 e. The van der Waals surface area contributed by atoms with E-state index in [9.17, 15) is 26.0 Å². The first kappa shape index (κ1) is 20.3. The van der Waals surface area contributed by atoms with E-state index in [0.717, 1.165) is 12.3 Å². The lowest BCUT2D eigenvalue weighted by Gasteiger charge is -2.11. The molecule has 26 heavy (non-hydrogen) atoms. The van der Waals surface area contributed by atoms with Crippen molar-refractivity contribution in [1.29, 1.82) is 5.26 Å². The molecule has 13 heteroatoms. The van der Waals surface area contributed by atoms with Crippen molar-refractivity contribution in [2.24, 2.45) is 0 Å². The first-order valence-electron chi connectivity index (χ1n) is 6.51. The smallest absolute Gasteiger partial charge is 0.282 e. The van der Waals surface area contributed by atoms with Crippen LogP contribution in [0.4, 0.5) is 23.2 Å². The number of hydrogen-bond donors (Lipinski definition) is 1. The van der Waals surface area contributed by atoms with Crippen LogP contribution in [-0.2, 0) is 22.1 Å². The molecular weight excluding hydrogens is 423 g/mol. The van der Waals surface area contributed by atoms with Crippen LogP contribution < -0.4 is 4.72 Å². The van der Waals surface area contributed by atoms with Crippen LogP contribution in [0, 0.1) is 17.1 Å². The predicted octanol–water partition coefficient (Wildman–Crippen LogP) is 3.67. The van der Waals surface area contributed by atoms with Crippen molar-refractivity contribution >= 4 is 38.9 Å². The van der Waals surface area contributed by atoms with E-state index in [0.29, 0.717) is 10.7 Å². The molecule has 6 nitrogen and oxygen atoms in total. The summed E-state index contributed by atoms with van der Waals surface area (Å²) in [5.41, 5.74) is -3.99. The number of nitriles is 1. The van der Waals surface area contributed by atoms with Gasteiger partial charge in [-0.25, -0.2) is 17.5 Å². The van der Waals surface area contributed by atoms with Crippen LogP contribution in [0.15, 0.2) is 12.1 Å². The van der Waals surface area contributed by atoms with Crippen molar-refractivity contribution in [3.63, 3.8) is 0 Å². The van der Waals surface area contributed by atoms with Crippen molar-refractivity contribution in [2.75, 3.05) is 11.0 Å². The standard InChI is InChI=1S/C13H8Cl2F4N4O2S/c1-26(24,25)22-8-3-10(7(16)2-6(8)15)23-11(5-20)12(13(17,18)19)9(4-14)21-23/h2-3,22H,4H2,1H3. The van der Waals surface area contributed by atoms with Gasteiger partial charge < -0.3 is 0 Å². The summed E-state index contributed by atoms with van der Waals surface area (Å²) in [4.78, 5) is 0. The van der Waals surface area contributed by atoms with Crippen LogP contribution in [0.25, 0.3) is 5.69 Å². The Bertz CT molecular complexity index is 1010. The minimum Gasteiger partial charge on any atom is -0.282 e. The molecule has 0 saturated heterocycles. The van der Waals surface area contributed by atoms with Gasteiger partial charge in [0.05, 0.1) is 28.5 Å². The molecular formula is C13H8Cl2F4N4O2S. The summed E-state index contributed by atoms with van der Waals surface area (Å²) in [6.45, 7) is 0. The normalized spacial score (nSPS) is 12.1. The number of halogens is 6. The van der Waals surface area contributed by atoms with E-state index in [4.69, 9.17) is 28.5 Å². The number of benzene rings is 1. The van der Waals surface area contributed by atoms with Gasteiger partial charge in [-0.2, -0.15) is 23.5 Å². The van der Waals surface area contributed by atoms with Crippen LogP contribution in [0.3, 0.4) is 0 Å². The molecule has 0 aliphatic heterocycles. The Labute approximate surface area is 155 Å². The zero-order chi connectivity index (χ0) is 19.9. The third-order valence-electron chi connectivity index (χ3n) is 3.03. The van der Waals surface area contributed by atoms with E-state index in [1.807, 2.05) is 4.72 Å². The van der Waals surface area contributed by atoms with E-state index >= 15 is 0 Å². The van der Waals surface area contributed by atoms with Gasteiger partial charge in [-0.05, 0) is 12.1 Å².